The number of ether oxygens (including phenoxy) is 1. The van der Waals surface area contributed by atoms with Crippen molar-refractivity contribution in [2.24, 2.45) is 0 Å². The summed E-state index contributed by atoms with van der Waals surface area (Å²) >= 11 is 0. The second-order valence-corrected chi connectivity index (χ2v) is 5.47. The van der Waals surface area contributed by atoms with Crippen LogP contribution in [0.4, 0.5) is 5.69 Å². The highest BCUT2D eigenvalue weighted by molar-refractivity contribution is 6.09. The van der Waals surface area contributed by atoms with Gasteiger partial charge in [0.25, 0.3) is 5.91 Å². The number of hydrogen-bond acceptors (Lipinski definition) is 2. The summed E-state index contributed by atoms with van der Waals surface area (Å²) in [4.78, 5) is 14.6. The van der Waals surface area contributed by atoms with Crippen molar-refractivity contribution in [2.75, 3.05) is 19.1 Å². The molecule has 24 heavy (non-hydrogen) atoms. The second-order valence-electron chi connectivity index (χ2n) is 5.47. The van der Waals surface area contributed by atoms with Crippen molar-refractivity contribution in [1.82, 2.24) is 0 Å². The van der Waals surface area contributed by atoms with Crippen LogP contribution in [0.25, 0.3) is 11.1 Å². The lowest BCUT2D eigenvalue weighted by Crippen LogP contribution is -2.26. The fourth-order valence-corrected chi connectivity index (χ4v) is 2.64. The fraction of sp³-hybridized carbons (Fsp3) is 0.0952. The Bertz CT molecular complexity index is 826. The molecule has 3 nitrogen and oxygen atoms in total. The zero-order chi connectivity index (χ0) is 16.9. The van der Waals surface area contributed by atoms with E-state index in [1.54, 1.807) is 19.1 Å². The van der Waals surface area contributed by atoms with Gasteiger partial charge in [0.2, 0.25) is 0 Å². The van der Waals surface area contributed by atoms with Crippen LogP contribution in [-0.2, 0) is 0 Å². The molecule has 0 saturated carbocycles. The molecule has 120 valence electrons. The maximum absolute atomic E-state index is 13.0. The lowest BCUT2D eigenvalue weighted by Gasteiger charge is -2.19. The van der Waals surface area contributed by atoms with Gasteiger partial charge in [-0.1, -0.05) is 48.5 Å². The van der Waals surface area contributed by atoms with E-state index in [1.807, 2.05) is 78.9 Å². The first kappa shape index (κ1) is 15.8. The minimum Gasteiger partial charge on any atom is -0.497 e. The largest absolute Gasteiger partial charge is 0.497 e. The van der Waals surface area contributed by atoms with Gasteiger partial charge in [-0.2, -0.15) is 0 Å². The zero-order valence-corrected chi connectivity index (χ0v) is 13.8. The molecule has 0 bridgehead atoms. The van der Waals surface area contributed by atoms with Crippen LogP contribution in [0.15, 0.2) is 78.9 Å². The highest BCUT2D eigenvalue weighted by atomic mass is 16.5. The fourth-order valence-electron chi connectivity index (χ4n) is 2.64. The number of hydrogen-bond donors (Lipinski definition) is 0. The molecule has 0 aliphatic heterocycles. The molecular weight excluding hydrogens is 298 g/mol. The predicted molar refractivity (Wildman–Crippen MR) is 97.6 cm³/mol. The standard InChI is InChI=1S/C21H19NO2/c1-22(17-12-14-18(24-2)15-13-17)21(23)20-11-7-6-10-19(20)16-8-4-3-5-9-16/h3-15H,1-2H3. The predicted octanol–water partition coefficient (Wildman–Crippen LogP) is 4.64. The summed E-state index contributed by atoms with van der Waals surface area (Å²) in [5.74, 6) is 0.726. The second kappa shape index (κ2) is 7.01. The van der Waals surface area contributed by atoms with Gasteiger partial charge in [-0.15, -0.1) is 0 Å². The summed E-state index contributed by atoms with van der Waals surface area (Å²) < 4.78 is 5.17. The summed E-state index contributed by atoms with van der Waals surface area (Å²) in [7, 11) is 3.41. The van der Waals surface area contributed by atoms with Crippen LogP contribution in [0.3, 0.4) is 0 Å². The molecule has 0 unspecified atom stereocenters. The number of amides is 1. The maximum Gasteiger partial charge on any atom is 0.258 e. The average Bonchev–Trinajstić information content (AvgIpc) is 2.67. The van der Waals surface area contributed by atoms with E-state index in [9.17, 15) is 4.79 Å². The van der Waals surface area contributed by atoms with Crippen LogP contribution in [0, 0.1) is 0 Å². The minimum atomic E-state index is -0.0420. The van der Waals surface area contributed by atoms with Crippen LogP contribution >= 0.6 is 0 Å². The van der Waals surface area contributed by atoms with Crippen molar-refractivity contribution >= 4 is 11.6 Å². The maximum atomic E-state index is 13.0. The van der Waals surface area contributed by atoms with Gasteiger partial charge in [-0.05, 0) is 41.5 Å². The zero-order valence-electron chi connectivity index (χ0n) is 13.8. The van der Waals surface area contributed by atoms with E-state index in [1.165, 1.54) is 0 Å². The molecule has 3 heteroatoms. The van der Waals surface area contributed by atoms with Gasteiger partial charge in [-0.25, -0.2) is 0 Å². The van der Waals surface area contributed by atoms with Crippen LogP contribution < -0.4 is 9.64 Å². The van der Waals surface area contributed by atoms with Crippen LogP contribution in [0.5, 0.6) is 5.75 Å². The Morgan fingerprint density at radius 1 is 0.833 bits per heavy atom. The van der Waals surface area contributed by atoms with Gasteiger partial charge in [0, 0.05) is 18.3 Å². The number of nitrogens with zero attached hydrogens (tertiary/aromatic N) is 1. The highest BCUT2D eigenvalue weighted by Gasteiger charge is 2.17. The molecule has 0 heterocycles. The molecule has 0 atom stereocenters. The summed E-state index contributed by atoms with van der Waals surface area (Å²) in [6.07, 6.45) is 0. The van der Waals surface area contributed by atoms with Gasteiger partial charge in [0.05, 0.1) is 7.11 Å². The van der Waals surface area contributed by atoms with Crippen LogP contribution in [0.2, 0.25) is 0 Å². The number of carbonyl (C=O) groups excluding carboxylic acids is 1. The topological polar surface area (TPSA) is 29.5 Å². The molecule has 0 saturated heterocycles. The first-order chi connectivity index (χ1) is 11.7. The SMILES string of the molecule is COc1ccc(N(C)C(=O)c2ccccc2-c2ccccc2)cc1. The molecule has 0 radical (unpaired) electrons. The van der Waals surface area contributed by atoms with Crippen LogP contribution in [0.1, 0.15) is 10.4 Å². The quantitative estimate of drug-likeness (QED) is 0.701. The van der Waals surface area contributed by atoms with Crippen molar-refractivity contribution < 1.29 is 9.53 Å². The molecule has 0 spiro atoms. The van der Waals surface area contributed by atoms with Crippen molar-refractivity contribution in [3.63, 3.8) is 0 Å². The Hall–Kier alpha value is -3.07. The molecular formula is C21H19NO2. The molecule has 3 aromatic rings. The third-order valence-corrected chi connectivity index (χ3v) is 4.01. The van der Waals surface area contributed by atoms with E-state index in [-0.39, 0.29) is 5.91 Å². The molecule has 0 aromatic heterocycles. The number of benzene rings is 3. The average molecular weight is 317 g/mol. The number of carbonyl (C=O) groups is 1. The molecule has 0 N–H and O–H groups in total. The first-order valence-corrected chi connectivity index (χ1v) is 7.77. The normalized spacial score (nSPS) is 10.2. The Morgan fingerprint density at radius 3 is 2.12 bits per heavy atom. The third kappa shape index (κ3) is 3.15. The Balaban J connectivity index is 1.95. The van der Waals surface area contributed by atoms with E-state index in [0.717, 1.165) is 22.6 Å². The third-order valence-electron chi connectivity index (χ3n) is 4.01. The van der Waals surface area contributed by atoms with Gasteiger partial charge in [0.1, 0.15) is 5.75 Å². The highest BCUT2D eigenvalue weighted by Crippen LogP contribution is 2.26. The minimum absolute atomic E-state index is 0.0420. The van der Waals surface area contributed by atoms with E-state index in [2.05, 4.69) is 0 Å². The summed E-state index contributed by atoms with van der Waals surface area (Å²) in [5.41, 5.74) is 3.47. The number of anilines is 1. The summed E-state index contributed by atoms with van der Waals surface area (Å²) in [6, 6.07) is 25.1. The van der Waals surface area contributed by atoms with Crippen molar-refractivity contribution in [1.29, 1.82) is 0 Å². The lowest BCUT2D eigenvalue weighted by atomic mass is 9.99. The van der Waals surface area contributed by atoms with Crippen molar-refractivity contribution in [3.8, 4) is 16.9 Å². The molecule has 0 fully saturated rings. The molecule has 3 aromatic carbocycles. The molecule has 0 aliphatic rings. The van der Waals surface area contributed by atoms with Crippen molar-refractivity contribution in [2.45, 2.75) is 0 Å². The van der Waals surface area contributed by atoms with Crippen LogP contribution in [-0.4, -0.2) is 20.1 Å². The molecule has 3 rings (SSSR count). The van der Waals surface area contributed by atoms with E-state index < -0.39 is 0 Å². The van der Waals surface area contributed by atoms with E-state index in [4.69, 9.17) is 4.74 Å². The molecule has 1 amide bonds. The first-order valence-electron chi connectivity index (χ1n) is 7.77. The van der Waals surface area contributed by atoms with Gasteiger partial charge >= 0.3 is 0 Å². The Kier molecular flexibility index (Phi) is 4.62. The number of methoxy groups -OCH3 is 1. The monoisotopic (exact) mass is 317 g/mol. The Labute approximate surface area is 142 Å². The smallest absolute Gasteiger partial charge is 0.258 e. The van der Waals surface area contributed by atoms with Gasteiger partial charge in [0.15, 0.2) is 0 Å². The lowest BCUT2D eigenvalue weighted by molar-refractivity contribution is 0.0993. The van der Waals surface area contributed by atoms with Gasteiger partial charge < -0.3 is 9.64 Å². The summed E-state index contributed by atoms with van der Waals surface area (Å²) in [6.45, 7) is 0. The summed E-state index contributed by atoms with van der Waals surface area (Å²) in [5, 5.41) is 0. The number of rotatable bonds is 4. The van der Waals surface area contributed by atoms with Crippen molar-refractivity contribution in [3.05, 3.63) is 84.4 Å². The molecule has 0 aliphatic carbocycles. The Morgan fingerprint density at radius 2 is 1.46 bits per heavy atom. The van der Waals surface area contributed by atoms with E-state index in [0.29, 0.717) is 5.56 Å². The van der Waals surface area contributed by atoms with E-state index >= 15 is 0 Å². The van der Waals surface area contributed by atoms with Gasteiger partial charge in [-0.3, -0.25) is 4.79 Å².